The molecule has 1 aromatic carbocycles. The Hall–Kier alpha value is -1.26. The zero-order valence-electron chi connectivity index (χ0n) is 11.5. The van der Waals surface area contributed by atoms with E-state index in [-0.39, 0.29) is 11.2 Å². The summed E-state index contributed by atoms with van der Waals surface area (Å²) in [6.45, 7) is 5.99. The van der Waals surface area contributed by atoms with Crippen LogP contribution in [-0.4, -0.2) is 11.3 Å². The Bertz CT molecular complexity index is 641. The predicted molar refractivity (Wildman–Crippen MR) is 81.6 cm³/mol. The van der Waals surface area contributed by atoms with E-state index < -0.39 is 0 Å². The van der Waals surface area contributed by atoms with Crippen LogP contribution in [0.4, 0.5) is 0 Å². The molecule has 1 heterocycles. The molecule has 1 aromatic heterocycles. The van der Waals surface area contributed by atoms with E-state index in [4.69, 9.17) is 10.2 Å². The lowest BCUT2D eigenvalue weighted by Crippen LogP contribution is -2.34. The van der Waals surface area contributed by atoms with E-state index in [2.05, 4.69) is 0 Å². The van der Waals surface area contributed by atoms with Gasteiger partial charge in [-0.3, -0.25) is 0 Å². The van der Waals surface area contributed by atoms with Gasteiger partial charge in [0.05, 0.1) is 0 Å². The lowest BCUT2D eigenvalue weighted by molar-refractivity contribution is 0.559. The lowest BCUT2D eigenvalue weighted by Gasteiger charge is -2.17. The van der Waals surface area contributed by atoms with Gasteiger partial charge in [0, 0.05) is 28.5 Å². The SMILES string of the molecule is Cc1ccc2c(CSCC(C)(C)N)cc(=O)oc2c1. The van der Waals surface area contributed by atoms with Crippen molar-refractivity contribution in [1.82, 2.24) is 0 Å². The Kier molecular flexibility index (Phi) is 4.02. The maximum absolute atomic E-state index is 11.6. The lowest BCUT2D eigenvalue weighted by atomic mass is 10.1. The molecule has 0 bridgehead atoms. The Balaban J connectivity index is 2.30. The average molecular weight is 277 g/mol. The minimum absolute atomic E-state index is 0.198. The number of nitrogens with two attached hydrogens (primary N) is 1. The number of fused-ring (bicyclic) bond motifs is 1. The number of hydrogen-bond acceptors (Lipinski definition) is 4. The van der Waals surface area contributed by atoms with E-state index in [1.807, 2.05) is 39.0 Å². The minimum Gasteiger partial charge on any atom is -0.423 e. The fraction of sp³-hybridized carbons (Fsp3) is 0.400. The number of hydrogen-bond donors (Lipinski definition) is 1. The molecule has 2 rings (SSSR count). The largest absolute Gasteiger partial charge is 0.423 e. The molecule has 0 atom stereocenters. The first-order valence-electron chi connectivity index (χ1n) is 6.25. The summed E-state index contributed by atoms with van der Waals surface area (Å²) in [6.07, 6.45) is 0. The molecule has 0 aliphatic rings. The van der Waals surface area contributed by atoms with E-state index in [9.17, 15) is 4.79 Å². The molecule has 0 saturated carbocycles. The molecule has 2 aromatic rings. The Morgan fingerprint density at radius 1 is 1.32 bits per heavy atom. The van der Waals surface area contributed by atoms with Gasteiger partial charge in [-0.05, 0) is 38.0 Å². The second kappa shape index (κ2) is 5.39. The first-order valence-corrected chi connectivity index (χ1v) is 7.41. The molecule has 0 radical (unpaired) electrons. The summed E-state index contributed by atoms with van der Waals surface area (Å²) < 4.78 is 5.24. The molecule has 0 amide bonds. The molecule has 102 valence electrons. The summed E-state index contributed by atoms with van der Waals surface area (Å²) in [6, 6.07) is 7.52. The van der Waals surface area contributed by atoms with Gasteiger partial charge in [0.25, 0.3) is 0 Å². The molecule has 19 heavy (non-hydrogen) atoms. The van der Waals surface area contributed by atoms with Crippen LogP contribution in [0.3, 0.4) is 0 Å². The van der Waals surface area contributed by atoms with E-state index in [0.717, 1.165) is 28.0 Å². The highest BCUT2D eigenvalue weighted by atomic mass is 32.2. The van der Waals surface area contributed by atoms with Gasteiger partial charge in [0.15, 0.2) is 0 Å². The molecular formula is C15H19NO2S. The maximum Gasteiger partial charge on any atom is 0.336 e. The highest BCUT2D eigenvalue weighted by molar-refractivity contribution is 7.98. The number of rotatable bonds is 4. The van der Waals surface area contributed by atoms with E-state index in [0.29, 0.717) is 5.58 Å². The van der Waals surface area contributed by atoms with Crippen LogP contribution in [0.25, 0.3) is 11.0 Å². The van der Waals surface area contributed by atoms with Crippen molar-refractivity contribution < 1.29 is 4.42 Å². The second-order valence-corrected chi connectivity index (χ2v) is 6.56. The van der Waals surface area contributed by atoms with Crippen LogP contribution in [-0.2, 0) is 5.75 Å². The first-order chi connectivity index (χ1) is 8.85. The van der Waals surface area contributed by atoms with Crippen molar-refractivity contribution in [3.05, 3.63) is 45.8 Å². The summed E-state index contributed by atoms with van der Waals surface area (Å²) in [5.41, 5.74) is 8.24. The van der Waals surface area contributed by atoms with Crippen LogP contribution in [0.15, 0.2) is 33.5 Å². The van der Waals surface area contributed by atoms with Gasteiger partial charge in [-0.2, -0.15) is 11.8 Å². The van der Waals surface area contributed by atoms with Gasteiger partial charge >= 0.3 is 5.63 Å². The molecule has 0 unspecified atom stereocenters. The van der Waals surface area contributed by atoms with Crippen molar-refractivity contribution in [3.63, 3.8) is 0 Å². The van der Waals surface area contributed by atoms with Crippen LogP contribution in [0.1, 0.15) is 25.0 Å². The van der Waals surface area contributed by atoms with E-state index in [1.54, 1.807) is 17.8 Å². The normalized spacial score (nSPS) is 12.0. The van der Waals surface area contributed by atoms with Crippen LogP contribution in [0, 0.1) is 6.92 Å². The zero-order chi connectivity index (χ0) is 14.0. The van der Waals surface area contributed by atoms with Crippen molar-refractivity contribution in [2.75, 3.05) is 5.75 Å². The predicted octanol–water partition coefficient (Wildman–Crippen LogP) is 3.07. The van der Waals surface area contributed by atoms with Crippen molar-refractivity contribution in [2.24, 2.45) is 5.73 Å². The molecular weight excluding hydrogens is 258 g/mol. The van der Waals surface area contributed by atoms with Crippen LogP contribution < -0.4 is 11.4 Å². The van der Waals surface area contributed by atoms with Gasteiger partial charge in [0.1, 0.15) is 5.58 Å². The van der Waals surface area contributed by atoms with Gasteiger partial charge in [-0.15, -0.1) is 0 Å². The molecule has 0 fully saturated rings. The third-order valence-electron chi connectivity index (χ3n) is 2.72. The Morgan fingerprint density at radius 3 is 2.74 bits per heavy atom. The van der Waals surface area contributed by atoms with Crippen molar-refractivity contribution in [1.29, 1.82) is 0 Å². The van der Waals surface area contributed by atoms with Crippen molar-refractivity contribution >= 4 is 22.7 Å². The van der Waals surface area contributed by atoms with Gasteiger partial charge in [0.2, 0.25) is 0 Å². The topological polar surface area (TPSA) is 56.2 Å². The quantitative estimate of drug-likeness (QED) is 0.873. The number of benzene rings is 1. The summed E-state index contributed by atoms with van der Waals surface area (Å²) >= 11 is 1.74. The third-order valence-corrected chi connectivity index (χ3v) is 4.18. The Morgan fingerprint density at radius 2 is 2.05 bits per heavy atom. The highest BCUT2D eigenvalue weighted by Crippen LogP contribution is 2.23. The van der Waals surface area contributed by atoms with Crippen molar-refractivity contribution in [3.8, 4) is 0 Å². The van der Waals surface area contributed by atoms with Gasteiger partial charge in [-0.1, -0.05) is 12.1 Å². The number of thioether (sulfide) groups is 1. The average Bonchev–Trinajstić information content (AvgIpc) is 2.26. The number of aryl methyl sites for hydroxylation is 1. The molecule has 2 N–H and O–H groups in total. The summed E-state index contributed by atoms with van der Waals surface area (Å²) in [4.78, 5) is 11.6. The summed E-state index contributed by atoms with van der Waals surface area (Å²) in [5.74, 6) is 1.62. The molecule has 0 aliphatic heterocycles. The second-order valence-electron chi connectivity index (χ2n) is 5.57. The van der Waals surface area contributed by atoms with Crippen LogP contribution in [0.5, 0.6) is 0 Å². The highest BCUT2D eigenvalue weighted by Gasteiger charge is 2.12. The Labute approximate surface area is 117 Å². The fourth-order valence-corrected chi connectivity index (χ4v) is 2.97. The molecule has 0 aliphatic carbocycles. The van der Waals surface area contributed by atoms with Crippen LogP contribution in [0.2, 0.25) is 0 Å². The van der Waals surface area contributed by atoms with Gasteiger partial charge in [-0.25, -0.2) is 4.79 Å². The van der Waals surface area contributed by atoms with Crippen molar-refractivity contribution in [2.45, 2.75) is 32.1 Å². The molecule has 3 nitrogen and oxygen atoms in total. The third kappa shape index (κ3) is 3.85. The molecule has 0 saturated heterocycles. The summed E-state index contributed by atoms with van der Waals surface area (Å²) in [5, 5.41) is 1.01. The first kappa shape index (κ1) is 14.2. The van der Waals surface area contributed by atoms with Gasteiger partial charge < -0.3 is 10.2 Å². The summed E-state index contributed by atoms with van der Waals surface area (Å²) in [7, 11) is 0. The monoisotopic (exact) mass is 277 g/mol. The standard InChI is InChI=1S/C15H19NO2S/c1-10-4-5-12-11(8-19-9-15(2,3)16)7-14(17)18-13(12)6-10/h4-7H,8-9,16H2,1-3H3. The minimum atomic E-state index is -0.291. The molecule has 4 heteroatoms. The maximum atomic E-state index is 11.6. The van der Waals surface area contributed by atoms with E-state index in [1.165, 1.54) is 0 Å². The van der Waals surface area contributed by atoms with E-state index >= 15 is 0 Å². The van der Waals surface area contributed by atoms with Crippen LogP contribution >= 0.6 is 11.8 Å². The smallest absolute Gasteiger partial charge is 0.336 e. The molecule has 0 spiro atoms. The fourth-order valence-electron chi connectivity index (χ4n) is 1.88. The zero-order valence-corrected chi connectivity index (χ0v) is 12.3.